The quantitative estimate of drug-likeness (QED) is 0.464. The minimum Gasteiger partial charge on any atom is -0.478 e. The Morgan fingerprint density at radius 3 is 1.97 bits per heavy atom. The molecule has 0 amide bonds. The van der Waals surface area contributed by atoms with Crippen LogP contribution in [-0.2, 0) is 33.8 Å². The summed E-state index contributed by atoms with van der Waals surface area (Å²) in [6.45, 7) is 4.78. The summed E-state index contributed by atoms with van der Waals surface area (Å²) in [6.07, 6.45) is -5.95. The van der Waals surface area contributed by atoms with Crippen molar-refractivity contribution in [2.45, 2.75) is 31.9 Å². The largest absolute Gasteiger partial charge is 0.490 e. The smallest absolute Gasteiger partial charge is 0.478 e. The fraction of sp³-hybridized carbons (Fsp3) is 0.455. The number of anilines is 1. The maximum atomic E-state index is 11.9. The van der Waals surface area contributed by atoms with Gasteiger partial charge in [0.1, 0.15) is 17.1 Å². The minimum absolute atomic E-state index is 0.358. The second-order valence-corrected chi connectivity index (χ2v) is 8.01. The molecule has 0 bridgehead atoms. The Balaban J connectivity index is 0.000000317. The lowest BCUT2D eigenvalue weighted by Gasteiger charge is -2.33. The lowest BCUT2D eigenvalue weighted by Crippen LogP contribution is -2.39. The van der Waals surface area contributed by atoms with E-state index in [4.69, 9.17) is 29.0 Å². The maximum Gasteiger partial charge on any atom is 0.490 e. The predicted octanol–water partition coefficient (Wildman–Crippen LogP) is 3.03. The monoisotopic (exact) mass is 571 g/mol. The number of hydrogen-bond donors (Lipinski definition) is 3. The van der Waals surface area contributed by atoms with Crippen molar-refractivity contribution in [1.29, 1.82) is 0 Å². The van der Waals surface area contributed by atoms with Gasteiger partial charge in [0.05, 0.1) is 26.0 Å². The predicted molar refractivity (Wildman–Crippen MR) is 118 cm³/mol. The lowest BCUT2D eigenvalue weighted by molar-refractivity contribution is -0.193. The number of furan rings is 1. The first-order chi connectivity index (χ1) is 18.1. The molecule has 2 aliphatic heterocycles. The van der Waals surface area contributed by atoms with Crippen LogP contribution in [0.5, 0.6) is 0 Å². The molecule has 2 aliphatic rings. The summed E-state index contributed by atoms with van der Waals surface area (Å²) in [5.74, 6) is -4.92. The second-order valence-electron chi connectivity index (χ2n) is 8.01. The highest BCUT2D eigenvalue weighted by molar-refractivity contribution is 5.95. The number of carboxylic acid groups (broad SMARTS) is 3. The van der Waals surface area contributed by atoms with Crippen LogP contribution in [0.2, 0.25) is 0 Å². The summed E-state index contributed by atoms with van der Waals surface area (Å²) in [5, 5.41) is 24.0. The number of pyridine rings is 1. The van der Waals surface area contributed by atoms with Crippen LogP contribution in [0.1, 0.15) is 27.2 Å². The Morgan fingerprint density at radius 2 is 1.51 bits per heavy atom. The molecule has 39 heavy (non-hydrogen) atoms. The van der Waals surface area contributed by atoms with Gasteiger partial charge in [-0.2, -0.15) is 26.3 Å². The van der Waals surface area contributed by atoms with E-state index in [9.17, 15) is 36.2 Å². The van der Waals surface area contributed by atoms with Gasteiger partial charge < -0.3 is 29.4 Å². The summed E-state index contributed by atoms with van der Waals surface area (Å²) >= 11 is 0. The molecule has 0 unspecified atom stereocenters. The van der Waals surface area contributed by atoms with Crippen molar-refractivity contribution in [3.63, 3.8) is 0 Å². The third kappa shape index (κ3) is 9.43. The molecule has 0 aromatic carbocycles. The summed E-state index contributed by atoms with van der Waals surface area (Å²) < 4.78 is 74.3. The molecule has 0 radical (unpaired) electrons. The van der Waals surface area contributed by atoms with Crippen molar-refractivity contribution in [3.05, 3.63) is 47.0 Å². The number of nitrogens with zero attached hydrogens (tertiary/aromatic N) is 3. The minimum atomic E-state index is -5.08. The molecular weight excluding hydrogens is 548 g/mol. The lowest BCUT2D eigenvalue weighted by atomic mass is 9.95. The summed E-state index contributed by atoms with van der Waals surface area (Å²) in [5.41, 5.74) is 2.27. The SMILES string of the molecule is O=C(O)C(F)(F)F.O=C(O)C(F)(F)F.O=C(O)c1c(N2CCOCC2)ncc2c1CCN(Cc1ccco1)C2. The van der Waals surface area contributed by atoms with Gasteiger partial charge in [0.15, 0.2) is 0 Å². The molecule has 0 atom stereocenters. The van der Waals surface area contributed by atoms with Gasteiger partial charge in [-0.05, 0) is 29.7 Å². The van der Waals surface area contributed by atoms with Crippen LogP contribution in [0.3, 0.4) is 0 Å². The van der Waals surface area contributed by atoms with E-state index >= 15 is 0 Å². The van der Waals surface area contributed by atoms with Gasteiger partial charge in [0.2, 0.25) is 0 Å². The van der Waals surface area contributed by atoms with Crippen LogP contribution in [0.15, 0.2) is 29.0 Å². The van der Waals surface area contributed by atoms with Gasteiger partial charge in [-0.15, -0.1) is 0 Å². The number of alkyl halides is 6. The van der Waals surface area contributed by atoms with E-state index < -0.39 is 30.3 Å². The summed E-state index contributed by atoms with van der Waals surface area (Å²) in [7, 11) is 0. The number of morpholine rings is 1. The Kier molecular flexibility index (Phi) is 10.7. The fourth-order valence-corrected chi connectivity index (χ4v) is 3.59. The molecule has 2 aromatic heterocycles. The van der Waals surface area contributed by atoms with E-state index in [-0.39, 0.29) is 0 Å². The van der Waals surface area contributed by atoms with Crippen LogP contribution in [0.4, 0.5) is 32.2 Å². The Bertz CT molecular complexity index is 1110. The third-order valence-electron chi connectivity index (χ3n) is 5.30. The number of rotatable bonds is 4. The number of ether oxygens (including phenoxy) is 1. The third-order valence-corrected chi connectivity index (χ3v) is 5.30. The molecule has 4 rings (SSSR count). The summed E-state index contributed by atoms with van der Waals surface area (Å²) in [4.78, 5) is 38.5. The van der Waals surface area contributed by atoms with Crippen molar-refractivity contribution in [2.24, 2.45) is 0 Å². The molecule has 1 saturated heterocycles. The second kappa shape index (κ2) is 13.3. The van der Waals surface area contributed by atoms with Gasteiger partial charge in [0.25, 0.3) is 0 Å². The number of aromatic carboxylic acids is 1. The van der Waals surface area contributed by atoms with Gasteiger partial charge in [-0.3, -0.25) is 4.90 Å². The number of hydrogen-bond acceptors (Lipinski definition) is 8. The average molecular weight is 571 g/mol. The molecule has 216 valence electrons. The first-order valence-electron chi connectivity index (χ1n) is 11.0. The van der Waals surface area contributed by atoms with E-state index in [2.05, 4.69) is 9.88 Å². The van der Waals surface area contributed by atoms with Crippen LogP contribution in [-0.4, -0.2) is 88.3 Å². The molecular formula is C22H23F6N3O8. The van der Waals surface area contributed by atoms with Crippen molar-refractivity contribution in [1.82, 2.24) is 9.88 Å². The first kappa shape index (κ1) is 31.4. The molecule has 2 aromatic rings. The molecule has 17 heteroatoms. The molecule has 1 fully saturated rings. The van der Waals surface area contributed by atoms with Crippen LogP contribution >= 0.6 is 0 Å². The fourth-order valence-electron chi connectivity index (χ4n) is 3.59. The van der Waals surface area contributed by atoms with E-state index in [1.807, 2.05) is 23.2 Å². The molecule has 0 saturated carbocycles. The normalized spacial score (nSPS) is 15.7. The van der Waals surface area contributed by atoms with Crippen molar-refractivity contribution in [2.75, 3.05) is 37.7 Å². The number of aliphatic carboxylic acids is 2. The van der Waals surface area contributed by atoms with Crippen molar-refractivity contribution >= 4 is 23.7 Å². The molecule has 0 aliphatic carbocycles. The zero-order valence-electron chi connectivity index (χ0n) is 20.0. The zero-order valence-corrected chi connectivity index (χ0v) is 20.0. The molecule has 4 heterocycles. The molecule has 3 N–H and O–H groups in total. The highest BCUT2D eigenvalue weighted by Gasteiger charge is 2.39. The number of aromatic nitrogens is 1. The standard InChI is InChI=1S/C18H21N3O4.2C2HF3O2/c22-18(23)16-15-3-4-20(12-14-2-1-7-25-14)11-13(15)10-19-17(16)21-5-8-24-9-6-21;2*3-2(4,5)1(6)7/h1-2,7,10H,3-6,8-9,11-12H2,(H,22,23);2*(H,6,7). The highest BCUT2D eigenvalue weighted by Crippen LogP contribution is 2.30. The first-order valence-corrected chi connectivity index (χ1v) is 11.0. The Labute approximate surface area is 216 Å². The van der Waals surface area contributed by atoms with Crippen LogP contribution in [0, 0.1) is 0 Å². The van der Waals surface area contributed by atoms with Gasteiger partial charge in [-0.25, -0.2) is 19.4 Å². The van der Waals surface area contributed by atoms with Crippen molar-refractivity contribution in [3.8, 4) is 0 Å². The zero-order chi connectivity index (χ0) is 29.4. The molecule has 0 spiro atoms. The Hall–Kier alpha value is -3.86. The van der Waals surface area contributed by atoms with Gasteiger partial charge >= 0.3 is 30.3 Å². The van der Waals surface area contributed by atoms with Gasteiger partial charge in [0, 0.05) is 32.4 Å². The number of fused-ring (bicyclic) bond motifs is 1. The van der Waals surface area contributed by atoms with E-state index in [1.165, 1.54) is 0 Å². The number of halogens is 6. The van der Waals surface area contributed by atoms with Crippen molar-refractivity contribution < 1.29 is 65.2 Å². The van der Waals surface area contributed by atoms with Crippen LogP contribution in [0.25, 0.3) is 0 Å². The number of carboxylic acids is 3. The maximum absolute atomic E-state index is 11.9. The number of carbonyl (C=O) groups is 3. The van der Waals surface area contributed by atoms with E-state index in [0.29, 0.717) is 50.7 Å². The summed E-state index contributed by atoms with van der Waals surface area (Å²) in [6, 6.07) is 3.84. The topological polar surface area (TPSA) is 154 Å². The highest BCUT2D eigenvalue weighted by atomic mass is 19.4. The van der Waals surface area contributed by atoms with E-state index in [1.54, 1.807) is 6.26 Å². The average Bonchev–Trinajstić information content (AvgIpc) is 3.36. The molecule has 11 nitrogen and oxygen atoms in total. The van der Waals surface area contributed by atoms with Crippen LogP contribution < -0.4 is 4.90 Å². The van der Waals surface area contributed by atoms with E-state index in [0.717, 1.165) is 30.0 Å². The Morgan fingerprint density at radius 1 is 0.949 bits per heavy atom. The van der Waals surface area contributed by atoms with Gasteiger partial charge in [-0.1, -0.05) is 0 Å².